The largest absolute Gasteiger partial charge is 0.454 e. The fourth-order valence-electron chi connectivity index (χ4n) is 2.34. The van der Waals surface area contributed by atoms with Gasteiger partial charge in [-0.05, 0) is 32.4 Å². The minimum Gasteiger partial charge on any atom is -0.454 e. The van der Waals surface area contributed by atoms with E-state index in [0.717, 1.165) is 4.90 Å². The van der Waals surface area contributed by atoms with Gasteiger partial charge >= 0.3 is 5.97 Å². The summed E-state index contributed by atoms with van der Waals surface area (Å²) in [4.78, 5) is 48.7. The molecule has 0 aliphatic carbocycles. The number of hydrogen-bond acceptors (Lipinski definition) is 5. The highest BCUT2D eigenvalue weighted by Gasteiger charge is 2.32. The Balaban J connectivity index is 1.94. The quantitative estimate of drug-likeness (QED) is 0.646. The van der Waals surface area contributed by atoms with E-state index in [2.05, 4.69) is 5.32 Å². The van der Waals surface area contributed by atoms with Gasteiger partial charge in [0, 0.05) is 11.1 Å². The summed E-state index contributed by atoms with van der Waals surface area (Å²) >= 11 is 0. The van der Waals surface area contributed by atoms with Crippen LogP contribution in [0.2, 0.25) is 0 Å². The number of nitrogens with one attached hydrogen (secondary N) is 1. The van der Waals surface area contributed by atoms with Crippen LogP contribution >= 0.6 is 0 Å². The number of imide groups is 1. The molecule has 2 rings (SSSR count). The third-order valence-electron chi connectivity index (χ3n) is 3.30. The normalized spacial score (nSPS) is 14.2. The summed E-state index contributed by atoms with van der Waals surface area (Å²) in [5, 5.41) is 2.65. The molecule has 1 heterocycles. The summed E-state index contributed by atoms with van der Waals surface area (Å²) in [6.45, 7) is 4.44. The molecule has 0 spiro atoms. The van der Waals surface area contributed by atoms with E-state index in [1.165, 1.54) is 0 Å². The van der Waals surface area contributed by atoms with E-state index in [9.17, 15) is 19.2 Å². The molecule has 7 heteroatoms. The van der Waals surface area contributed by atoms with Gasteiger partial charge in [-0.2, -0.15) is 0 Å². The second kappa shape index (κ2) is 6.82. The Labute approximate surface area is 140 Å². The van der Waals surface area contributed by atoms with Crippen LogP contribution in [0.1, 0.15) is 36.7 Å². The highest BCUT2D eigenvalue weighted by molar-refractivity contribution is 6.11. The highest BCUT2D eigenvalue weighted by Crippen LogP contribution is 2.19. The van der Waals surface area contributed by atoms with E-state index < -0.39 is 42.4 Å². The second-order valence-electron chi connectivity index (χ2n) is 6.58. The maximum absolute atomic E-state index is 12.3. The van der Waals surface area contributed by atoms with Gasteiger partial charge in [-0.3, -0.25) is 24.1 Å². The average Bonchev–Trinajstić information content (AvgIpc) is 2.48. The fraction of sp³-hybridized carbons (Fsp3) is 0.412. The summed E-state index contributed by atoms with van der Waals surface area (Å²) < 4.78 is 4.84. The molecule has 24 heavy (non-hydrogen) atoms. The third-order valence-corrected chi connectivity index (χ3v) is 3.30. The smallest absolute Gasteiger partial charge is 0.326 e. The van der Waals surface area contributed by atoms with Gasteiger partial charge in [-0.15, -0.1) is 0 Å². The Kier molecular flexibility index (Phi) is 5.02. The van der Waals surface area contributed by atoms with E-state index in [1.807, 2.05) is 0 Å². The number of carbonyl (C=O) groups excluding carboxylic acids is 4. The number of carbonyl (C=O) groups is 4. The van der Waals surface area contributed by atoms with Crippen LogP contribution in [-0.2, 0) is 25.5 Å². The standard InChI is InChI=1S/C17H20N2O5/c1-17(2,3)18-13(20)10-24-15(22)9-19-14(21)8-11-6-4-5-7-12(11)16(19)23/h4-7H,8-10H2,1-3H3,(H,18,20). The molecule has 0 unspecified atom stereocenters. The van der Waals surface area contributed by atoms with Crippen molar-refractivity contribution in [3.63, 3.8) is 0 Å². The third kappa shape index (κ3) is 4.41. The minimum absolute atomic E-state index is 0.0553. The van der Waals surface area contributed by atoms with Crippen molar-refractivity contribution in [1.82, 2.24) is 10.2 Å². The molecule has 0 saturated heterocycles. The molecule has 0 bridgehead atoms. The van der Waals surface area contributed by atoms with Crippen LogP contribution in [0.3, 0.4) is 0 Å². The van der Waals surface area contributed by atoms with Crippen LogP contribution in [0, 0.1) is 0 Å². The van der Waals surface area contributed by atoms with Gasteiger partial charge < -0.3 is 10.1 Å². The molecule has 0 aromatic heterocycles. The van der Waals surface area contributed by atoms with Gasteiger partial charge in [-0.25, -0.2) is 0 Å². The van der Waals surface area contributed by atoms with E-state index in [1.54, 1.807) is 45.0 Å². The average molecular weight is 332 g/mol. The van der Waals surface area contributed by atoms with Gasteiger partial charge in [0.2, 0.25) is 5.91 Å². The second-order valence-corrected chi connectivity index (χ2v) is 6.58. The summed E-state index contributed by atoms with van der Waals surface area (Å²) in [5.41, 5.74) is 0.600. The molecule has 1 aromatic carbocycles. The van der Waals surface area contributed by atoms with Crippen molar-refractivity contribution in [3.8, 4) is 0 Å². The van der Waals surface area contributed by atoms with Crippen LogP contribution in [-0.4, -0.2) is 47.3 Å². The van der Waals surface area contributed by atoms with Gasteiger partial charge in [-0.1, -0.05) is 18.2 Å². The molecular formula is C17H20N2O5. The first kappa shape index (κ1) is 17.7. The van der Waals surface area contributed by atoms with Crippen LogP contribution < -0.4 is 5.32 Å². The van der Waals surface area contributed by atoms with Crippen LogP contribution in [0.25, 0.3) is 0 Å². The number of amides is 3. The monoisotopic (exact) mass is 332 g/mol. The lowest BCUT2D eigenvalue weighted by Crippen LogP contribution is -2.46. The molecule has 0 atom stereocenters. The zero-order valence-electron chi connectivity index (χ0n) is 13.9. The number of hydrogen-bond donors (Lipinski definition) is 1. The predicted octanol–water partition coefficient (Wildman–Crippen LogP) is 0.669. The number of benzene rings is 1. The van der Waals surface area contributed by atoms with Crippen molar-refractivity contribution in [2.24, 2.45) is 0 Å². The lowest BCUT2D eigenvalue weighted by molar-refractivity contribution is -0.151. The molecule has 1 aliphatic heterocycles. The van der Waals surface area contributed by atoms with Gasteiger partial charge in [0.15, 0.2) is 6.61 Å². The highest BCUT2D eigenvalue weighted by atomic mass is 16.5. The molecule has 0 fully saturated rings. The number of ether oxygens (including phenoxy) is 1. The lowest BCUT2D eigenvalue weighted by atomic mass is 9.98. The summed E-state index contributed by atoms with van der Waals surface area (Å²) in [7, 11) is 0. The zero-order valence-corrected chi connectivity index (χ0v) is 13.9. The fourth-order valence-corrected chi connectivity index (χ4v) is 2.34. The van der Waals surface area contributed by atoms with Crippen LogP contribution in [0.15, 0.2) is 24.3 Å². The first-order valence-corrected chi connectivity index (χ1v) is 7.56. The number of rotatable bonds is 4. The van der Waals surface area contributed by atoms with E-state index in [4.69, 9.17) is 4.74 Å². The van der Waals surface area contributed by atoms with Crippen molar-refractivity contribution < 1.29 is 23.9 Å². The Morgan fingerprint density at radius 2 is 1.88 bits per heavy atom. The number of fused-ring (bicyclic) bond motifs is 1. The van der Waals surface area contributed by atoms with E-state index in [-0.39, 0.29) is 6.42 Å². The SMILES string of the molecule is CC(C)(C)NC(=O)COC(=O)CN1C(=O)Cc2ccccc2C1=O. The summed E-state index contributed by atoms with van der Waals surface area (Å²) in [6, 6.07) is 6.76. The minimum atomic E-state index is -0.805. The van der Waals surface area contributed by atoms with Gasteiger partial charge in [0.05, 0.1) is 6.42 Å². The molecule has 1 N–H and O–H groups in total. The molecular weight excluding hydrogens is 312 g/mol. The van der Waals surface area contributed by atoms with Crippen LogP contribution in [0.5, 0.6) is 0 Å². The number of nitrogens with zero attached hydrogens (tertiary/aromatic N) is 1. The Hall–Kier alpha value is -2.70. The maximum atomic E-state index is 12.3. The van der Waals surface area contributed by atoms with Crippen molar-refractivity contribution in [2.75, 3.05) is 13.2 Å². The zero-order chi connectivity index (χ0) is 17.9. The molecule has 128 valence electrons. The van der Waals surface area contributed by atoms with E-state index >= 15 is 0 Å². The van der Waals surface area contributed by atoms with Gasteiger partial charge in [0.25, 0.3) is 11.8 Å². The predicted molar refractivity (Wildman–Crippen MR) is 85.0 cm³/mol. The Bertz CT molecular complexity index is 690. The van der Waals surface area contributed by atoms with Gasteiger partial charge in [0.1, 0.15) is 6.54 Å². The Morgan fingerprint density at radius 3 is 2.54 bits per heavy atom. The Morgan fingerprint density at radius 1 is 1.21 bits per heavy atom. The van der Waals surface area contributed by atoms with Crippen molar-refractivity contribution in [2.45, 2.75) is 32.7 Å². The summed E-state index contributed by atoms with van der Waals surface area (Å²) in [5.74, 6) is -2.25. The molecule has 3 amide bonds. The van der Waals surface area contributed by atoms with Crippen molar-refractivity contribution >= 4 is 23.7 Å². The maximum Gasteiger partial charge on any atom is 0.326 e. The first-order chi connectivity index (χ1) is 11.2. The molecule has 1 aliphatic rings. The summed E-state index contributed by atoms with van der Waals surface area (Å²) in [6.07, 6.45) is 0.0553. The molecule has 1 aromatic rings. The molecule has 7 nitrogen and oxygen atoms in total. The molecule has 0 saturated carbocycles. The van der Waals surface area contributed by atoms with Crippen molar-refractivity contribution in [1.29, 1.82) is 0 Å². The first-order valence-electron chi connectivity index (χ1n) is 7.56. The van der Waals surface area contributed by atoms with Crippen molar-refractivity contribution in [3.05, 3.63) is 35.4 Å². The topological polar surface area (TPSA) is 92.8 Å². The molecule has 0 radical (unpaired) electrons. The number of esters is 1. The van der Waals surface area contributed by atoms with E-state index in [0.29, 0.717) is 11.1 Å². The lowest BCUT2D eigenvalue weighted by Gasteiger charge is -2.26. The van der Waals surface area contributed by atoms with Crippen LogP contribution in [0.4, 0.5) is 0 Å².